The molecule has 0 atom stereocenters. The van der Waals surface area contributed by atoms with Gasteiger partial charge in [-0.1, -0.05) is 62.1 Å². The van der Waals surface area contributed by atoms with E-state index >= 15 is 0 Å². The summed E-state index contributed by atoms with van der Waals surface area (Å²) in [6.45, 7) is 3.02. The van der Waals surface area contributed by atoms with Gasteiger partial charge in [0.2, 0.25) is 10.0 Å². The zero-order valence-corrected chi connectivity index (χ0v) is 20.5. The molecule has 0 bridgehead atoms. The molecule has 0 fully saturated rings. The van der Waals surface area contributed by atoms with E-state index in [4.69, 9.17) is 16.6 Å². The zero-order chi connectivity index (χ0) is 22.4. The first-order valence-corrected chi connectivity index (χ1v) is 13.0. The Labute approximate surface area is 193 Å². The van der Waals surface area contributed by atoms with E-state index < -0.39 is 10.0 Å². The monoisotopic (exact) mass is 477 g/mol. The van der Waals surface area contributed by atoms with Gasteiger partial charge in [-0.2, -0.15) is 0 Å². The SMILES string of the molecule is CCCCCCn1c(-c2ccc(Cl)c(S(=O)(=O)N(C)C)c2)cs/c1=N/c1ccccc1. The molecule has 31 heavy (non-hydrogen) atoms. The van der Waals surface area contributed by atoms with E-state index in [-0.39, 0.29) is 9.92 Å². The quantitative estimate of drug-likeness (QED) is 0.358. The van der Waals surface area contributed by atoms with Crippen molar-refractivity contribution in [1.29, 1.82) is 0 Å². The van der Waals surface area contributed by atoms with Crippen molar-refractivity contribution in [3.63, 3.8) is 0 Å². The molecule has 0 unspecified atom stereocenters. The number of benzene rings is 2. The summed E-state index contributed by atoms with van der Waals surface area (Å²) in [5, 5.41) is 2.26. The van der Waals surface area contributed by atoms with Crippen LogP contribution in [0.5, 0.6) is 0 Å². The number of rotatable bonds is 9. The van der Waals surface area contributed by atoms with Gasteiger partial charge in [-0.3, -0.25) is 0 Å². The van der Waals surface area contributed by atoms with E-state index in [1.165, 1.54) is 31.2 Å². The van der Waals surface area contributed by atoms with Gasteiger partial charge in [-0.25, -0.2) is 17.7 Å². The second kappa shape index (κ2) is 10.6. The molecule has 1 heterocycles. The maximum absolute atomic E-state index is 12.7. The van der Waals surface area contributed by atoms with Gasteiger partial charge in [0.1, 0.15) is 4.90 Å². The van der Waals surface area contributed by atoms with Crippen molar-refractivity contribution in [3.8, 4) is 11.3 Å². The Morgan fingerprint density at radius 1 is 1.06 bits per heavy atom. The van der Waals surface area contributed by atoms with Crippen LogP contribution in [-0.2, 0) is 16.6 Å². The van der Waals surface area contributed by atoms with Crippen molar-refractivity contribution < 1.29 is 8.42 Å². The summed E-state index contributed by atoms with van der Waals surface area (Å²) >= 11 is 7.81. The molecule has 0 aliphatic carbocycles. The molecule has 3 rings (SSSR count). The molecular weight excluding hydrogens is 450 g/mol. The third-order valence-electron chi connectivity index (χ3n) is 5.00. The van der Waals surface area contributed by atoms with Crippen molar-refractivity contribution in [2.75, 3.05) is 14.1 Å². The van der Waals surface area contributed by atoms with Crippen LogP contribution in [0.15, 0.2) is 63.8 Å². The Kier molecular flexibility index (Phi) is 8.11. The van der Waals surface area contributed by atoms with E-state index in [0.717, 1.165) is 41.1 Å². The molecule has 5 nitrogen and oxygen atoms in total. The molecule has 8 heteroatoms. The lowest BCUT2D eigenvalue weighted by Gasteiger charge is -2.15. The molecule has 0 saturated carbocycles. The summed E-state index contributed by atoms with van der Waals surface area (Å²) in [6, 6.07) is 15.0. The van der Waals surface area contributed by atoms with Crippen LogP contribution in [0, 0.1) is 0 Å². The number of halogens is 1. The summed E-state index contributed by atoms with van der Waals surface area (Å²) in [5.41, 5.74) is 2.65. The molecule has 0 aliphatic heterocycles. The van der Waals surface area contributed by atoms with Crippen molar-refractivity contribution in [2.24, 2.45) is 4.99 Å². The fourth-order valence-corrected chi connectivity index (χ4v) is 5.58. The van der Waals surface area contributed by atoms with Gasteiger partial charge in [-0.05, 0) is 30.7 Å². The third kappa shape index (κ3) is 5.66. The molecule has 0 radical (unpaired) electrons. The Morgan fingerprint density at radius 2 is 1.81 bits per heavy atom. The zero-order valence-electron chi connectivity index (χ0n) is 18.1. The summed E-state index contributed by atoms with van der Waals surface area (Å²) in [6.07, 6.45) is 4.54. The third-order valence-corrected chi connectivity index (χ3v) is 8.16. The normalized spacial score (nSPS) is 12.6. The van der Waals surface area contributed by atoms with Crippen LogP contribution in [0.3, 0.4) is 0 Å². The molecular formula is C23H28ClN3O2S2. The lowest BCUT2D eigenvalue weighted by Crippen LogP contribution is -2.22. The van der Waals surface area contributed by atoms with E-state index in [2.05, 4.69) is 11.5 Å². The molecule has 0 spiro atoms. The first-order valence-electron chi connectivity index (χ1n) is 10.3. The highest BCUT2D eigenvalue weighted by Gasteiger charge is 2.22. The molecule has 166 valence electrons. The van der Waals surface area contributed by atoms with Gasteiger partial charge < -0.3 is 4.57 Å². The van der Waals surface area contributed by atoms with E-state index in [9.17, 15) is 8.42 Å². The van der Waals surface area contributed by atoms with Crippen LogP contribution in [0.1, 0.15) is 32.6 Å². The molecule has 0 saturated heterocycles. The van der Waals surface area contributed by atoms with Gasteiger partial charge in [0.25, 0.3) is 0 Å². The minimum atomic E-state index is -3.64. The standard InChI is InChI=1S/C23H28ClN3O2S2/c1-4-5-6-10-15-27-21(17-30-23(27)25-19-11-8-7-9-12-19)18-13-14-20(24)22(16-18)31(28,29)26(2)3/h7-9,11-14,16-17H,4-6,10,15H2,1-3H3/b25-23+. The Hall–Kier alpha value is -1.93. The first kappa shape index (κ1) is 23.7. The van der Waals surface area contributed by atoms with Gasteiger partial charge in [0.05, 0.1) is 16.4 Å². The van der Waals surface area contributed by atoms with Crippen molar-refractivity contribution in [1.82, 2.24) is 8.87 Å². The lowest BCUT2D eigenvalue weighted by atomic mass is 10.1. The minimum absolute atomic E-state index is 0.113. The fraction of sp³-hybridized carbons (Fsp3) is 0.348. The van der Waals surface area contributed by atoms with Gasteiger partial charge in [-0.15, -0.1) is 11.3 Å². The minimum Gasteiger partial charge on any atom is -0.316 e. The van der Waals surface area contributed by atoms with Crippen LogP contribution in [0.4, 0.5) is 5.69 Å². The van der Waals surface area contributed by atoms with Crippen LogP contribution >= 0.6 is 22.9 Å². The Balaban J connectivity index is 2.10. The lowest BCUT2D eigenvalue weighted by molar-refractivity contribution is 0.521. The van der Waals surface area contributed by atoms with Crippen molar-refractivity contribution in [2.45, 2.75) is 44.0 Å². The first-order chi connectivity index (χ1) is 14.8. The predicted molar refractivity (Wildman–Crippen MR) is 129 cm³/mol. The number of hydrogen-bond acceptors (Lipinski definition) is 4. The molecule has 1 aromatic heterocycles. The summed E-state index contributed by atoms with van der Waals surface area (Å²) in [4.78, 5) is 5.84. The molecule has 0 amide bonds. The number of unbranched alkanes of at least 4 members (excludes halogenated alkanes) is 3. The Bertz CT molecular complexity index is 1180. The molecule has 0 aliphatic rings. The highest BCUT2D eigenvalue weighted by atomic mass is 35.5. The van der Waals surface area contributed by atoms with E-state index in [1.807, 2.05) is 41.8 Å². The van der Waals surface area contributed by atoms with E-state index in [1.54, 1.807) is 23.5 Å². The smallest absolute Gasteiger partial charge is 0.244 e. The van der Waals surface area contributed by atoms with Crippen LogP contribution in [0.25, 0.3) is 11.3 Å². The number of para-hydroxylation sites is 1. The van der Waals surface area contributed by atoms with Gasteiger partial charge >= 0.3 is 0 Å². The van der Waals surface area contributed by atoms with Gasteiger partial charge in [0.15, 0.2) is 4.80 Å². The second-order valence-corrected chi connectivity index (χ2v) is 10.9. The van der Waals surface area contributed by atoms with Crippen molar-refractivity contribution in [3.05, 3.63) is 63.7 Å². The summed E-state index contributed by atoms with van der Waals surface area (Å²) < 4.78 is 28.8. The second-order valence-electron chi connectivity index (χ2n) is 7.50. The molecule has 2 aromatic carbocycles. The number of sulfonamides is 1. The topological polar surface area (TPSA) is 54.7 Å². The van der Waals surface area contributed by atoms with Crippen LogP contribution in [-0.4, -0.2) is 31.4 Å². The fourth-order valence-electron chi connectivity index (χ4n) is 3.23. The number of nitrogens with zero attached hydrogens (tertiary/aromatic N) is 3. The highest BCUT2D eigenvalue weighted by molar-refractivity contribution is 7.89. The summed E-state index contributed by atoms with van der Waals surface area (Å²) in [7, 11) is -0.630. The van der Waals surface area contributed by atoms with Crippen LogP contribution in [0.2, 0.25) is 5.02 Å². The van der Waals surface area contributed by atoms with Crippen molar-refractivity contribution >= 4 is 38.6 Å². The largest absolute Gasteiger partial charge is 0.316 e. The maximum atomic E-state index is 12.7. The molecule has 3 aromatic rings. The van der Waals surface area contributed by atoms with E-state index in [0.29, 0.717) is 0 Å². The predicted octanol–water partition coefficient (Wildman–Crippen LogP) is 5.93. The number of thiazole rings is 1. The Morgan fingerprint density at radius 3 is 2.48 bits per heavy atom. The maximum Gasteiger partial charge on any atom is 0.244 e. The van der Waals surface area contributed by atoms with Crippen LogP contribution < -0.4 is 4.80 Å². The highest BCUT2D eigenvalue weighted by Crippen LogP contribution is 2.30. The average molecular weight is 478 g/mol. The van der Waals surface area contributed by atoms with Gasteiger partial charge in [0, 0.05) is 31.6 Å². The molecule has 0 N–H and O–H groups in total. The average Bonchev–Trinajstić information content (AvgIpc) is 3.14. The number of aromatic nitrogens is 1. The number of hydrogen-bond donors (Lipinski definition) is 0. The summed E-state index contributed by atoms with van der Waals surface area (Å²) in [5.74, 6) is 0.